The number of aryl methyl sites for hydroxylation is 1. The van der Waals surface area contributed by atoms with E-state index in [9.17, 15) is 8.78 Å². The van der Waals surface area contributed by atoms with Crippen LogP contribution in [-0.2, 0) is 12.5 Å². The molecule has 0 amide bonds. The maximum Gasteiger partial charge on any atom is 0.298 e. The molecule has 272 valence electrons. The fourth-order valence-electron chi connectivity index (χ4n) is 4.70. The van der Waals surface area contributed by atoms with Crippen LogP contribution in [0.4, 0.5) is 17.6 Å². The Morgan fingerprint density at radius 3 is 2.09 bits per heavy atom. The van der Waals surface area contributed by atoms with Gasteiger partial charge in [-0.15, -0.1) is 0 Å². The van der Waals surface area contributed by atoms with Gasteiger partial charge in [0.15, 0.2) is 0 Å². The number of aromatic nitrogens is 1. The number of hydrazine groups is 1. The van der Waals surface area contributed by atoms with Gasteiger partial charge in [0, 0.05) is 29.9 Å². The van der Waals surface area contributed by atoms with Crippen LogP contribution in [0.25, 0.3) is 6.08 Å². The molecule has 53 heavy (non-hydrogen) atoms. The lowest BCUT2D eigenvalue weighted by atomic mass is 9.89. The summed E-state index contributed by atoms with van der Waals surface area (Å²) in [4.78, 5) is 3.88. The van der Waals surface area contributed by atoms with Gasteiger partial charge in [0.1, 0.15) is 36.0 Å². The van der Waals surface area contributed by atoms with Crippen molar-refractivity contribution in [1.29, 1.82) is 5.26 Å². The SMILES string of the molecule is C=Cc1ccc(C)cc1.CC.N#Cc1ccc(COc2ccc(C#Cc3ccc(C(F)(F)C(CN(N)/C=N\N)c4ccc(F)cc4F)nc3)cc2)cc1. The monoisotopic (exact) mass is 720 g/mol. The highest BCUT2D eigenvalue weighted by Gasteiger charge is 2.45. The van der Waals surface area contributed by atoms with Crippen molar-refractivity contribution in [3.05, 3.63) is 172 Å². The number of alkyl halides is 2. The van der Waals surface area contributed by atoms with Gasteiger partial charge in [-0.1, -0.05) is 86.4 Å². The van der Waals surface area contributed by atoms with Crippen molar-refractivity contribution in [1.82, 2.24) is 9.99 Å². The third-order valence-corrected chi connectivity index (χ3v) is 7.50. The minimum Gasteiger partial charge on any atom is -0.489 e. The molecule has 1 heterocycles. The van der Waals surface area contributed by atoms with Crippen LogP contribution < -0.4 is 16.4 Å². The van der Waals surface area contributed by atoms with E-state index in [1.807, 2.05) is 32.1 Å². The van der Waals surface area contributed by atoms with Crippen LogP contribution in [0.3, 0.4) is 0 Å². The second-order valence-electron chi connectivity index (χ2n) is 11.2. The number of ether oxygens (including phenoxy) is 1. The largest absolute Gasteiger partial charge is 0.489 e. The summed E-state index contributed by atoms with van der Waals surface area (Å²) >= 11 is 0. The molecule has 1 aromatic heterocycles. The Morgan fingerprint density at radius 1 is 0.906 bits per heavy atom. The zero-order valence-electron chi connectivity index (χ0n) is 29.6. The fraction of sp³-hybridized carbons (Fsp3) is 0.167. The Kier molecular flexibility index (Phi) is 15.8. The number of hydrogen-bond donors (Lipinski definition) is 2. The van der Waals surface area contributed by atoms with Crippen LogP contribution in [-0.4, -0.2) is 22.9 Å². The molecule has 4 aromatic carbocycles. The molecule has 1 unspecified atom stereocenters. The van der Waals surface area contributed by atoms with E-state index in [1.165, 1.54) is 23.4 Å². The molecule has 0 fully saturated rings. The molecule has 0 aliphatic carbocycles. The van der Waals surface area contributed by atoms with Crippen molar-refractivity contribution in [2.24, 2.45) is 16.8 Å². The number of nitrogens with two attached hydrogens (primary N) is 2. The zero-order valence-corrected chi connectivity index (χ0v) is 29.6. The van der Waals surface area contributed by atoms with Gasteiger partial charge in [-0.05, 0) is 78.2 Å². The number of nitrogens with zero attached hydrogens (tertiary/aromatic N) is 4. The number of pyridine rings is 1. The van der Waals surface area contributed by atoms with Crippen molar-refractivity contribution in [2.75, 3.05) is 6.54 Å². The number of hydrazone groups is 1. The lowest BCUT2D eigenvalue weighted by Crippen LogP contribution is -2.40. The molecule has 5 rings (SSSR count). The average Bonchev–Trinajstić information content (AvgIpc) is 3.18. The Hall–Kier alpha value is -6.43. The number of benzene rings is 4. The van der Waals surface area contributed by atoms with E-state index >= 15 is 8.78 Å². The first-order valence-electron chi connectivity index (χ1n) is 16.5. The molecule has 0 spiro atoms. The molecule has 7 nitrogen and oxygen atoms in total. The number of rotatable bonds is 10. The van der Waals surface area contributed by atoms with Crippen molar-refractivity contribution >= 4 is 12.4 Å². The second-order valence-corrected chi connectivity index (χ2v) is 11.2. The molecular formula is C42H40F4N6O. The van der Waals surface area contributed by atoms with E-state index in [4.69, 9.17) is 21.7 Å². The lowest BCUT2D eigenvalue weighted by molar-refractivity contribution is -0.0443. The van der Waals surface area contributed by atoms with E-state index in [-0.39, 0.29) is 0 Å². The van der Waals surface area contributed by atoms with Crippen LogP contribution in [0, 0.1) is 41.7 Å². The minimum absolute atomic E-state index is 0.331. The van der Waals surface area contributed by atoms with Gasteiger partial charge < -0.3 is 10.6 Å². The predicted octanol–water partition coefficient (Wildman–Crippen LogP) is 8.83. The van der Waals surface area contributed by atoms with Gasteiger partial charge in [-0.25, -0.2) is 14.6 Å². The number of nitriles is 1. The topological polar surface area (TPSA) is 114 Å². The summed E-state index contributed by atoms with van der Waals surface area (Å²) in [6.07, 6.45) is 3.94. The third-order valence-electron chi connectivity index (χ3n) is 7.50. The van der Waals surface area contributed by atoms with Crippen LogP contribution in [0.2, 0.25) is 0 Å². The van der Waals surface area contributed by atoms with Crippen molar-refractivity contribution in [2.45, 2.75) is 39.2 Å². The molecule has 0 aliphatic rings. The quantitative estimate of drug-likeness (QED) is 0.0372. The molecule has 0 saturated heterocycles. The molecular weight excluding hydrogens is 680 g/mol. The van der Waals surface area contributed by atoms with E-state index in [1.54, 1.807) is 36.4 Å². The van der Waals surface area contributed by atoms with Crippen molar-refractivity contribution < 1.29 is 22.3 Å². The lowest BCUT2D eigenvalue weighted by Gasteiger charge is -2.29. The summed E-state index contributed by atoms with van der Waals surface area (Å²) in [5.41, 5.74) is 3.89. The normalized spacial score (nSPS) is 11.0. The number of hydrogen-bond acceptors (Lipinski definition) is 6. The van der Waals surface area contributed by atoms with E-state index in [0.29, 0.717) is 35.1 Å². The summed E-state index contributed by atoms with van der Waals surface area (Å²) in [6.45, 7) is 9.48. The first kappa shape index (κ1) is 41.0. The number of halogens is 4. The van der Waals surface area contributed by atoms with Crippen LogP contribution in [0.1, 0.15) is 64.4 Å². The Balaban J connectivity index is 0.000000593. The minimum atomic E-state index is -3.71. The van der Waals surface area contributed by atoms with Gasteiger partial charge in [-0.2, -0.15) is 19.1 Å². The van der Waals surface area contributed by atoms with E-state index in [2.05, 4.69) is 65.8 Å². The highest BCUT2D eigenvalue weighted by atomic mass is 19.3. The zero-order chi connectivity index (χ0) is 38.8. The van der Waals surface area contributed by atoms with Gasteiger partial charge >= 0.3 is 0 Å². The Morgan fingerprint density at radius 2 is 1.53 bits per heavy atom. The smallest absolute Gasteiger partial charge is 0.298 e. The van der Waals surface area contributed by atoms with Gasteiger partial charge in [-0.3, -0.25) is 9.99 Å². The Bertz CT molecular complexity index is 2030. The molecule has 0 radical (unpaired) electrons. The third kappa shape index (κ3) is 12.4. The van der Waals surface area contributed by atoms with Gasteiger partial charge in [0.2, 0.25) is 0 Å². The maximum atomic E-state index is 15.7. The standard InChI is InChI=1S/C31H24F4N6O.C9H10.C2H6/c32-25-10-13-27(29(33)15-25)28(18-41(38)20-40-37)31(34,35)30-14-9-23(17-39-30)4-1-21-7-11-26(12-8-21)42-19-24-5-2-22(16-36)3-6-24;1-3-9-6-4-8(2)5-7-9;1-2/h2-3,5-15,17,20,28H,18-19,37-38H2;3-7H,1H2,2H3;1-2H3/b40-20-;;. The Labute approximate surface area is 307 Å². The molecule has 4 N–H and O–H groups in total. The van der Waals surface area contributed by atoms with Crippen molar-refractivity contribution in [3.63, 3.8) is 0 Å². The average molecular weight is 721 g/mol. The molecule has 0 aliphatic heterocycles. The molecule has 0 bridgehead atoms. The summed E-state index contributed by atoms with van der Waals surface area (Å²) in [5, 5.41) is 12.9. The highest BCUT2D eigenvalue weighted by Crippen LogP contribution is 2.42. The molecule has 0 saturated carbocycles. The van der Waals surface area contributed by atoms with Crippen LogP contribution >= 0.6 is 0 Å². The first-order chi connectivity index (χ1) is 25.5. The fourth-order valence-corrected chi connectivity index (χ4v) is 4.70. The summed E-state index contributed by atoms with van der Waals surface area (Å²) in [5.74, 6) is 9.55. The van der Waals surface area contributed by atoms with E-state index in [0.717, 1.165) is 35.1 Å². The summed E-state index contributed by atoms with van der Waals surface area (Å²) in [6, 6.07) is 29.2. The highest BCUT2D eigenvalue weighted by molar-refractivity contribution is 5.53. The molecule has 11 heteroatoms. The van der Waals surface area contributed by atoms with Crippen LogP contribution in [0.15, 0.2) is 121 Å². The van der Waals surface area contributed by atoms with Gasteiger partial charge in [0.25, 0.3) is 5.92 Å². The van der Waals surface area contributed by atoms with Gasteiger partial charge in [0.05, 0.1) is 17.6 Å². The van der Waals surface area contributed by atoms with E-state index < -0.39 is 41.3 Å². The summed E-state index contributed by atoms with van der Waals surface area (Å²) in [7, 11) is 0. The molecule has 1 atom stereocenters. The molecule has 5 aromatic rings. The predicted molar refractivity (Wildman–Crippen MR) is 201 cm³/mol. The second kappa shape index (κ2) is 20.4. The van der Waals surface area contributed by atoms with Crippen molar-refractivity contribution in [3.8, 4) is 23.7 Å². The summed E-state index contributed by atoms with van der Waals surface area (Å²) < 4.78 is 65.1. The van der Waals surface area contributed by atoms with Crippen LogP contribution in [0.5, 0.6) is 5.75 Å². The first-order valence-corrected chi connectivity index (χ1v) is 16.5. The maximum absolute atomic E-state index is 15.7.